The fourth-order valence-electron chi connectivity index (χ4n) is 2.64. The number of hydrogen-bond donors (Lipinski definition) is 1. The van der Waals surface area contributed by atoms with Gasteiger partial charge in [0.1, 0.15) is 0 Å². The molecular formula is C14H21NO3S. The van der Waals surface area contributed by atoms with Crippen LogP contribution in [0.3, 0.4) is 0 Å². The van der Waals surface area contributed by atoms with Crippen molar-refractivity contribution in [3.8, 4) is 0 Å². The van der Waals surface area contributed by atoms with Gasteiger partial charge in [-0.2, -0.15) is 0 Å². The van der Waals surface area contributed by atoms with Crippen molar-refractivity contribution in [1.82, 2.24) is 5.32 Å². The Hall–Kier alpha value is -0.910. The summed E-state index contributed by atoms with van der Waals surface area (Å²) >= 11 is 0. The minimum atomic E-state index is -3.16. The van der Waals surface area contributed by atoms with Crippen molar-refractivity contribution >= 4 is 9.84 Å². The van der Waals surface area contributed by atoms with Gasteiger partial charge in [-0.1, -0.05) is 12.1 Å². The Bertz CT molecular complexity index is 521. The molecule has 0 aromatic heterocycles. The van der Waals surface area contributed by atoms with E-state index in [0.717, 1.165) is 31.6 Å². The molecule has 1 N–H and O–H groups in total. The molecule has 0 saturated carbocycles. The predicted molar refractivity (Wildman–Crippen MR) is 74.9 cm³/mol. The normalized spacial score (nSPS) is 22.1. The van der Waals surface area contributed by atoms with Crippen LogP contribution in [0.15, 0.2) is 29.2 Å². The molecule has 0 aliphatic carbocycles. The van der Waals surface area contributed by atoms with Crippen molar-refractivity contribution in [3.63, 3.8) is 0 Å². The van der Waals surface area contributed by atoms with Gasteiger partial charge in [-0.15, -0.1) is 0 Å². The summed E-state index contributed by atoms with van der Waals surface area (Å²) in [5.41, 5.74) is 1.01. The predicted octanol–water partition coefficient (Wildman–Crippen LogP) is 1.78. The lowest BCUT2D eigenvalue weighted by Gasteiger charge is -2.30. The lowest BCUT2D eigenvalue weighted by atomic mass is 9.89. The van der Waals surface area contributed by atoms with Crippen LogP contribution in [0.5, 0.6) is 0 Å². The Labute approximate surface area is 115 Å². The molecule has 0 spiro atoms. The third kappa shape index (κ3) is 3.55. The summed E-state index contributed by atoms with van der Waals surface area (Å²) in [5, 5.41) is 3.29. The molecule has 1 fully saturated rings. The Kier molecular flexibility index (Phi) is 4.60. The van der Waals surface area contributed by atoms with Gasteiger partial charge in [-0.25, -0.2) is 8.42 Å². The largest absolute Gasteiger partial charge is 0.381 e. The van der Waals surface area contributed by atoms with Crippen LogP contribution in [0.4, 0.5) is 0 Å². The second-order valence-electron chi connectivity index (χ2n) is 5.09. The number of hydrogen-bond acceptors (Lipinski definition) is 4. The van der Waals surface area contributed by atoms with E-state index in [1.807, 2.05) is 13.1 Å². The maximum absolute atomic E-state index is 11.6. The van der Waals surface area contributed by atoms with Gasteiger partial charge < -0.3 is 10.1 Å². The van der Waals surface area contributed by atoms with E-state index < -0.39 is 9.84 Å². The summed E-state index contributed by atoms with van der Waals surface area (Å²) < 4.78 is 28.8. The van der Waals surface area contributed by atoms with Crippen LogP contribution in [0.25, 0.3) is 0 Å². The molecule has 5 heteroatoms. The SMILES string of the molecule is CNC(c1cccc(S(C)(=O)=O)c1)C1CCCOC1. The number of rotatable bonds is 4. The van der Waals surface area contributed by atoms with Gasteiger partial charge in [0.2, 0.25) is 0 Å². The van der Waals surface area contributed by atoms with Gasteiger partial charge in [0, 0.05) is 24.8 Å². The van der Waals surface area contributed by atoms with E-state index >= 15 is 0 Å². The molecule has 1 aliphatic heterocycles. The van der Waals surface area contributed by atoms with Crippen LogP contribution in [0.2, 0.25) is 0 Å². The van der Waals surface area contributed by atoms with E-state index in [0.29, 0.717) is 10.8 Å². The summed E-state index contributed by atoms with van der Waals surface area (Å²) in [6.07, 6.45) is 3.41. The first kappa shape index (κ1) is 14.5. The van der Waals surface area contributed by atoms with E-state index in [-0.39, 0.29) is 6.04 Å². The zero-order valence-corrected chi connectivity index (χ0v) is 12.2. The summed E-state index contributed by atoms with van der Waals surface area (Å²) in [5.74, 6) is 0.397. The third-order valence-corrected chi connectivity index (χ3v) is 4.73. The molecule has 1 aromatic rings. The number of benzene rings is 1. The monoisotopic (exact) mass is 283 g/mol. The second kappa shape index (κ2) is 6.03. The van der Waals surface area contributed by atoms with Gasteiger partial charge in [0.05, 0.1) is 11.5 Å². The van der Waals surface area contributed by atoms with Crippen LogP contribution in [0.1, 0.15) is 24.4 Å². The van der Waals surface area contributed by atoms with E-state index in [1.165, 1.54) is 6.26 Å². The first-order valence-corrected chi connectivity index (χ1v) is 8.46. The first-order chi connectivity index (χ1) is 9.02. The number of ether oxygens (including phenoxy) is 1. The van der Waals surface area contributed by atoms with Gasteiger partial charge >= 0.3 is 0 Å². The molecule has 19 heavy (non-hydrogen) atoms. The van der Waals surface area contributed by atoms with Crippen LogP contribution < -0.4 is 5.32 Å². The molecule has 2 unspecified atom stereocenters. The third-order valence-electron chi connectivity index (χ3n) is 3.62. The maximum Gasteiger partial charge on any atom is 0.175 e. The van der Waals surface area contributed by atoms with E-state index in [9.17, 15) is 8.42 Å². The molecule has 0 bridgehead atoms. The van der Waals surface area contributed by atoms with Gasteiger partial charge in [0.25, 0.3) is 0 Å². The smallest absolute Gasteiger partial charge is 0.175 e. The van der Waals surface area contributed by atoms with Crippen molar-refractivity contribution in [2.75, 3.05) is 26.5 Å². The van der Waals surface area contributed by atoms with Crippen LogP contribution >= 0.6 is 0 Å². The van der Waals surface area contributed by atoms with Gasteiger partial charge in [-0.05, 0) is 37.6 Å². The lowest BCUT2D eigenvalue weighted by Crippen LogP contribution is -2.31. The van der Waals surface area contributed by atoms with Gasteiger partial charge in [0.15, 0.2) is 9.84 Å². The molecule has 1 heterocycles. The molecule has 4 nitrogen and oxygen atoms in total. The van der Waals surface area contributed by atoms with Crippen molar-refractivity contribution in [2.45, 2.75) is 23.8 Å². The highest BCUT2D eigenvalue weighted by molar-refractivity contribution is 7.90. The first-order valence-electron chi connectivity index (χ1n) is 6.57. The van der Waals surface area contributed by atoms with Gasteiger partial charge in [-0.3, -0.25) is 0 Å². The van der Waals surface area contributed by atoms with Crippen LogP contribution in [-0.4, -0.2) is 34.9 Å². The topological polar surface area (TPSA) is 55.4 Å². The molecule has 1 aliphatic rings. The zero-order valence-electron chi connectivity index (χ0n) is 11.4. The molecule has 106 valence electrons. The molecular weight excluding hydrogens is 262 g/mol. The quantitative estimate of drug-likeness (QED) is 0.915. The Morgan fingerprint density at radius 2 is 2.21 bits per heavy atom. The standard InChI is InChI=1S/C14H21NO3S/c1-15-14(12-6-4-8-18-10-12)11-5-3-7-13(9-11)19(2,16)17/h3,5,7,9,12,14-15H,4,6,8,10H2,1-2H3. The summed E-state index contributed by atoms with van der Waals surface area (Å²) in [4.78, 5) is 0.377. The van der Waals surface area contributed by atoms with Crippen LogP contribution in [-0.2, 0) is 14.6 Å². The lowest BCUT2D eigenvalue weighted by molar-refractivity contribution is 0.0401. The molecule has 2 atom stereocenters. The maximum atomic E-state index is 11.6. The van der Waals surface area contributed by atoms with Crippen molar-refractivity contribution in [2.24, 2.45) is 5.92 Å². The van der Waals surface area contributed by atoms with Crippen LogP contribution in [0, 0.1) is 5.92 Å². The minimum Gasteiger partial charge on any atom is -0.381 e. The summed E-state index contributed by atoms with van der Waals surface area (Å²) in [6, 6.07) is 7.33. The van der Waals surface area contributed by atoms with E-state index in [2.05, 4.69) is 5.32 Å². The van der Waals surface area contributed by atoms with Crippen molar-refractivity contribution < 1.29 is 13.2 Å². The zero-order chi connectivity index (χ0) is 13.9. The fourth-order valence-corrected chi connectivity index (χ4v) is 3.32. The summed E-state index contributed by atoms with van der Waals surface area (Å²) in [6.45, 7) is 1.56. The minimum absolute atomic E-state index is 0.141. The highest BCUT2D eigenvalue weighted by Crippen LogP contribution is 2.29. The molecule has 0 radical (unpaired) electrons. The van der Waals surface area contributed by atoms with Crippen molar-refractivity contribution in [1.29, 1.82) is 0 Å². The van der Waals surface area contributed by atoms with Crippen molar-refractivity contribution in [3.05, 3.63) is 29.8 Å². The highest BCUT2D eigenvalue weighted by Gasteiger charge is 2.25. The average molecular weight is 283 g/mol. The molecule has 1 saturated heterocycles. The number of sulfone groups is 1. The summed E-state index contributed by atoms with van der Waals surface area (Å²) in [7, 11) is -1.25. The second-order valence-corrected chi connectivity index (χ2v) is 7.10. The van der Waals surface area contributed by atoms with E-state index in [1.54, 1.807) is 18.2 Å². The molecule has 0 amide bonds. The Morgan fingerprint density at radius 1 is 1.42 bits per heavy atom. The fraction of sp³-hybridized carbons (Fsp3) is 0.571. The Balaban J connectivity index is 2.27. The average Bonchev–Trinajstić information content (AvgIpc) is 2.40. The molecule has 2 rings (SSSR count). The molecule has 1 aromatic carbocycles. The number of nitrogens with one attached hydrogen (secondary N) is 1. The van der Waals surface area contributed by atoms with E-state index in [4.69, 9.17) is 4.74 Å². The highest BCUT2D eigenvalue weighted by atomic mass is 32.2. The Morgan fingerprint density at radius 3 is 2.79 bits per heavy atom.